The van der Waals surface area contributed by atoms with Crippen molar-refractivity contribution in [2.75, 3.05) is 18.5 Å². The van der Waals surface area contributed by atoms with Gasteiger partial charge in [-0.2, -0.15) is 23.7 Å². The van der Waals surface area contributed by atoms with Crippen molar-refractivity contribution in [2.24, 2.45) is 5.92 Å². The first-order valence-corrected chi connectivity index (χ1v) is 26.9. The Kier molecular flexibility index (Phi) is 18.0. The fourth-order valence-corrected chi connectivity index (χ4v) is 10.9. The number of H-pyrrole nitrogens is 1. The van der Waals surface area contributed by atoms with Crippen molar-refractivity contribution in [2.45, 2.75) is 143 Å². The number of imidazole rings is 1. The number of aryl methyl sites for hydroxylation is 2. The van der Waals surface area contributed by atoms with Crippen molar-refractivity contribution >= 4 is 53.4 Å². The van der Waals surface area contributed by atoms with Gasteiger partial charge in [0.2, 0.25) is 11.9 Å². The summed E-state index contributed by atoms with van der Waals surface area (Å²) in [5.74, 6) is -0.698. The first-order valence-electron chi connectivity index (χ1n) is 22.9. The van der Waals surface area contributed by atoms with Crippen molar-refractivity contribution < 1.29 is 27.7 Å². The van der Waals surface area contributed by atoms with Gasteiger partial charge in [-0.05, 0) is 76.4 Å². The number of nitrogens with one attached hydrogen (secondary N) is 2. The zero-order valence-corrected chi connectivity index (χ0v) is 44.2. The second-order valence-electron chi connectivity index (χ2n) is 19.5. The summed E-state index contributed by atoms with van der Waals surface area (Å²) in [7, 11) is -4.50. The molecule has 1 fully saturated rings. The number of hydrogen-bond donors (Lipinski definition) is 2. The SMILES string of the molecule is Cc1ccc(C(OC[C@H]2O[C@@H](n3cnc4c(=O)[nH]c(NC(=O)C(C)C)nc43)[C@@H](OP(OCCC#N)N(C(C)C)C(C)C)C2O[Si](C)(C)C(C)(C)C)(c2ccccc2)c2ccc(C)cc2)cc1.S. The molecule has 1 amide bonds. The summed E-state index contributed by atoms with van der Waals surface area (Å²) in [5, 5.41) is 12.1. The minimum absolute atomic E-state index is 0. The van der Waals surface area contributed by atoms with Crippen LogP contribution in [0.25, 0.3) is 11.2 Å². The number of nitrogens with zero attached hydrogens (tertiary/aromatic N) is 5. The highest BCUT2D eigenvalue weighted by atomic mass is 32.1. The molecule has 2 aromatic heterocycles. The molecule has 3 heterocycles. The number of fused-ring (bicyclic) bond motifs is 1. The molecule has 1 aliphatic rings. The van der Waals surface area contributed by atoms with E-state index in [1.807, 2.05) is 18.2 Å². The van der Waals surface area contributed by atoms with E-state index in [-0.39, 0.29) is 79.2 Å². The van der Waals surface area contributed by atoms with Crippen LogP contribution in [0.1, 0.15) is 103 Å². The van der Waals surface area contributed by atoms with E-state index < -0.39 is 52.5 Å². The van der Waals surface area contributed by atoms with Crippen LogP contribution >= 0.6 is 22.0 Å². The van der Waals surface area contributed by atoms with Crippen LogP contribution in [0.3, 0.4) is 0 Å². The van der Waals surface area contributed by atoms with Crippen LogP contribution in [0.4, 0.5) is 5.95 Å². The Morgan fingerprint density at radius 1 is 0.925 bits per heavy atom. The molecule has 1 saturated heterocycles. The van der Waals surface area contributed by atoms with Crippen LogP contribution < -0.4 is 10.9 Å². The minimum atomic E-state index is -2.65. The van der Waals surface area contributed by atoms with Gasteiger partial charge in [0.1, 0.15) is 23.9 Å². The van der Waals surface area contributed by atoms with E-state index in [0.717, 1.165) is 27.8 Å². The number of anilines is 1. The van der Waals surface area contributed by atoms with Gasteiger partial charge in [-0.3, -0.25) is 24.5 Å². The Morgan fingerprint density at radius 3 is 2.01 bits per heavy atom. The molecule has 0 radical (unpaired) electrons. The molecule has 2 unspecified atom stereocenters. The summed E-state index contributed by atoms with van der Waals surface area (Å²) >= 11 is 0. The summed E-state index contributed by atoms with van der Waals surface area (Å²) in [6.07, 6.45) is -1.72. The largest absolute Gasteiger partial charge is 0.408 e. The number of ether oxygens (including phenoxy) is 2. The fourth-order valence-electron chi connectivity index (χ4n) is 7.88. The molecule has 362 valence electrons. The first kappa shape index (κ1) is 53.7. The molecular formula is C50H70N7O7PSSi. The van der Waals surface area contributed by atoms with Gasteiger partial charge in [-0.1, -0.05) is 125 Å². The number of rotatable bonds is 19. The van der Waals surface area contributed by atoms with Gasteiger partial charge in [0, 0.05) is 18.0 Å². The van der Waals surface area contributed by atoms with Crippen molar-refractivity contribution in [3.8, 4) is 6.07 Å². The van der Waals surface area contributed by atoms with E-state index in [1.54, 1.807) is 18.4 Å². The number of benzene rings is 3. The lowest BCUT2D eigenvalue weighted by molar-refractivity contribution is -0.118. The summed E-state index contributed by atoms with van der Waals surface area (Å²) in [5.41, 5.74) is 3.65. The monoisotopic (exact) mass is 971 g/mol. The fraction of sp³-hybridized carbons (Fsp3) is 0.500. The van der Waals surface area contributed by atoms with Gasteiger partial charge in [-0.15, -0.1) is 0 Å². The number of hydrogen-bond acceptors (Lipinski definition) is 11. The Labute approximate surface area is 405 Å². The van der Waals surface area contributed by atoms with Gasteiger partial charge < -0.3 is 22.9 Å². The average molecular weight is 972 g/mol. The number of nitriles is 1. The van der Waals surface area contributed by atoms with Gasteiger partial charge in [0.05, 0.1) is 32.0 Å². The molecule has 5 atom stereocenters. The van der Waals surface area contributed by atoms with Crippen molar-refractivity contribution in [1.82, 2.24) is 24.2 Å². The summed E-state index contributed by atoms with van der Waals surface area (Å²) < 4.78 is 40.1. The highest BCUT2D eigenvalue weighted by Crippen LogP contribution is 2.53. The van der Waals surface area contributed by atoms with Gasteiger partial charge in [0.15, 0.2) is 25.7 Å². The maximum atomic E-state index is 13.6. The van der Waals surface area contributed by atoms with E-state index in [0.29, 0.717) is 0 Å². The second-order valence-corrected chi connectivity index (χ2v) is 25.7. The molecule has 0 aliphatic carbocycles. The highest BCUT2D eigenvalue weighted by Gasteiger charge is 2.54. The number of carbonyl (C=O) groups excluding carboxylic acids is 1. The molecular weight excluding hydrogens is 902 g/mol. The molecule has 3 aromatic carbocycles. The summed E-state index contributed by atoms with van der Waals surface area (Å²) in [6.45, 7) is 27.1. The Morgan fingerprint density at radius 2 is 1.49 bits per heavy atom. The summed E-state index contributed by atoms with van der Waals surface area (Å²) in [4.78, 5) is 38.5. The van der Waals surface area contributed by atoms with Crippen molar-refractivity contribution in [3.63, 3.8) is 0 Å². The average Bonchev–Trinajstić information content (AvgIpc) is 3.82. The van der Waals surface area contributed by atoms with Gasteiger partial charge in [0.25, 0.3) is 14.1 Å². The number of aromatic amines is 1. The van der Waals surface area contributed by atoms with E-state index in [4.69, 9.17) is 27.9 Å². The number of carbonyl (C=O) groups is 1. The highest BCUT2D eigenvalue weighted by molar-refractivity contribution is 7.59. The predicted molar refractivity (Wildman–Crippen MR) is 273 cm³/mol. The maximum Gasteiger partial charge on any atom is 0.280 e. The Hall–Kier alpha value is -4.27. The molecule has 2 N–H and O–H groups in total. The lowest BCUT2D eigenvalue weighted by Crippen LogP contribution is -2.51. The molecule has 6 rings (SSSR count). The molecule has 17 heteroatoms. The molecule has 0 saturated carbocycles. The Bertz CT molecular complexity index is 2450. The lowest BCUT2D eigenvalue weighted by Gasteiger charge is -2.43. The van der Waals surface area contributed by atoms with Crippen molar-refractivity contribution in [3.05, 3.63) is 123 Å². The number of aromatic nitrogens is 4. The normalized spacial score (nSPS) is 18.4. The van der Waals surface area contributed by atoms with Gasteiger partial charge in [-0.25, -0.2) is 9.65 Å². The molecule has 0 spiro atoms. The van der Waals surface area contributed by atoms with E-state index in [9.17, 15) is 14.9 Å². The predicted octanol–water partition coefficient (Wildman–Crippen LogP) is 10.4. The minimum Gasteiger partial charge on any atom is -0.408 e. The molecule has 5 aromatic rings. The van der Waals surface area contributed by atoms with Crippen LogP contribution in [-0.2, 0) is 33.3 Å². The van der Waals surface area contributed by atoms with Crippen molar-refractivity contribution in [1.29, 1.82) is 5.26 Å². The van der Waals surface area contributed by atoms with Crippen LogP contribution in [0.2, 0.25) is 18.1 Å². The topological polar surface area (TPSA) is 166 Å². The molecule has 0 bridgehead atoms. The van der Waals surface area contributed by atoms with E-state index in [1.165, 1.54) is 6.33 Å². The first-order chi connectivity index (χ1) is 31.2. The molecule has 14 nitrogen and oxygen atoms in total. The number of amides is 1. The van der Waals surface area contributed by atoms with Crippen LogP contribution in [0.5, 0.6) is 0 Å². The third-order valence-corrected chi connectivity index (χ3v) is 19.0. The van der Waals surface area contributed by atoms with Crippen LogP contribution in [0, 0.1) is 31.1 Å². The second kappa shape index (κ2) is 22.4. The van der Waals surface area contributed by atoms with Crippen LogP contribution in [0.15, 0.2) is 90.0 Å². The third kappa shape index (κ3) is 12.0. The van der Waals surface area contributed by atoms with E-state index in [2.05, 4.69) is 162 Å². The summed E-state index contributed by atoms with van der Waals surface area (Å²) in [6, 6.07) is 29.3. The standard InChI is InChI=1S/C50H68N7O7PSi.H2S/c1-32(2)45(58)54-48-53-44-41(46(59)55-48)52-31-56(44)47-43(63-65(61-29-17-28-51)57(33(3)4)34(5)6)42(64-66(12,13)49(9,10)11)40(62-47)30-60-50(37-18-15-14-16-19-37,38-24-20-35(7)21-25-38)39-26-22-36(8)23-27-39;/h14-16,18-27,31-34,40,42-43,47H,17,29-30H2,1-13H3,(H2,53,54,55,58,59);1H2/t40-,42?,43+,47-,65?;/m1./s1. The zero-order valence-electron chi connectivity index (χ0n) is 41.3. The van der Waals surface area contributed by atoms with Crippen LogP contribution in [-0.4, -0.2) is 82.0 Å². The zero-order chi connectivity index (χ0) is 48.1. The third-order valence-electron chi connectivity index (χ3n) is 12.4. The molecule has 1 aliphatic heterocycles. The lowest BCUT2D eigenvalue weighted by atomic mass is 9.79. The maximum absolute atomic E-state index is 13.6. The van der Waals surface area contributed by atoms with E-state index >= 15 is 0 Å². The quantitative estimate of drug-likeness (QED) is 0.0350. The van der Waals surface area contributed by atoms with Gasteiger partial charge >= 0.3 is 0 Å². The Balaban J connectivity index is 0.00000840. The smallest absolute Gasteiger partial charge is 0.280 e. The molecule has 67 heavy (non-hydrogen) atoms.